The zero-order valence-corrected chi connectivity index (χ0v) is 12.3. The van der Waals surface area contributed by atoms with Crippen molar-refractivity contribution in [2.45, 2.75) is 0 Å². The lowest BCUT2D eigenvalue weighted by Gasteiger charge is -2.08. The largest absolute Gasteiger partial charge is 0.465 e. The molecule has 0 atom stereocenters. The van der Waals surface area contributed by atoms with Gasteiger partial charge in [-0.1, -0.05) is 23.7 Å². The molecule has 0 fully saturated rings. The van der Waals surface area contributed by atoms with Crippen molar-refractivity contribution >= 4 is 23.1 Å². The number of allylic oxidation sites excluding steroid dienone is 2. The average Bonchev–Trinajstić information content (AvgIpc) is 2.43. The van der Waals surface area contributed by atoms with E-state index in [9.17, 15) is 10.1 Å². The van der Waals surface area contributed by atoms with Crippen LogP contribution in [0.15, 0.2) is 42.1 Å². The Kier molecular flexibility index (Phi) is 5.82. The number of esters is 1. The van der Waals surface area contributed by atoms with E-state index < -0.39 is 5.97 Å². The zero-order chi connectivity index (χ0) is 15.1. The lowest BCUT2D eigenvalue weighted by atomic mass is 10.0. The van der Waals surface area contributed by atoms with Crippen LogP contribution in [0.2, 0.25) is 5.02 Å². The molecule has 4 nitrogen and oxygen atoms in total. The number of hydrogen-bond acceptors (Lipinski definition) is 4. The van der Waals surface area contributed by atoms with Gasteiger partial charge < -0.3 is 9.64 Å². The highest BCUT2D eigenvalue weighted by Crippen LogP contribution is 2.23. The van der Waals surface area contributed by atoms with Crippen molar-refractivity contribution in [2.75, 3.05) is 21.2 Å². The molecule has 0 amide bonds. The Bertz CT molecular complexity index is 581. The molecule has 1 rings (SSSR count). The second kappa shape index (κ2) is 7.37. The minimum atomic E-state index is -0.666. The number of ether oxygens (including phenoxy) is 1. The zero-order valence-electron chi connectivity index (χ0n) is 11.6. The molecule has 0 radical (unpaired) electrons. The average molecular weight is 291 g/mol. The lowest BCUT2D eigenvalue weighted by Crippen LogP contribution is -2.06. The fourth-order valence-electron chi connectivity index (χ4n) is 1.49. The molecule has 0 unspecified atom stereocenters. The molecule has 5 heteroatoms. The van der Waals surface area contributed by atoms with Gasteiger partial charge in [0.2, 0.25) is 0 Å². The summed E-state index contributed by atoms with van der Waals surface area (Å²) in [6.45, 7) is 0. The highest BCUT2D eigenvalue weighted by atomic mass is 35.5. The normalized spacial score (nSPS) is 11.8. The van der Waals surface area contributed by atoms with Crippen molar-refractivity contribution in [3.05, 3.63) is 52.7 Å². The molecule has 0 heterocycles. The third-order valence-corrected chi connectivity index (χ3v) is 2.72. The standard InChI is InChI=1S/C15H15ClN2O2/c1-18(2)9-8-13(14(10-17)15(19)20-3)11-4-6-12(16)7-5-11/h4-9H,1-3H3. The predicted molar refractivity (Wildman–Crippen MR) is 78.8 cm³/mol. The first kappa shape index (κ1) is 15.8. The van der Waals surface area contributed by atoms with E-state index in [-0.39, 0.29) is 5.57 Å². The second-order valence-corrected chi connectivity index (χ2v) is 4.61. The molecule has 0 aliphatic heterocycles. The predicted octanol–water partition coefficient (Wildman–Crippen LogP) is 2.87. The third-order valence-electron chi connectivity index (χ3n) is 2.47. The first-order chi connectivity index (χ1) is 9.49. The van der Waals surface area contributed by atoms with Crippen LogP contribution >= 0.6 is 11.6 Å². The van der Waals surface area contributed by atoms with Crippen LogP contribution in [0.1, 0.15) is 5.56 Å². The molecule has 1 aromatic carbocycles. The molecule has 0 N–H and O–H groups in total. The lowest BCUT2D eigenvalue weighted by molar-refractivity contribution is -0.135. The summed E-state index contributed by atoms with van der Waals surface area (Å²) in [5.41, 5.74) is 1.16. The summed E-state index contributed by atoms with van der Waals surface area (Å²) in [4.78, 5) is 13.5. The van der Waals surface area contributed by atoms with E-state index in [4.69, 9.17) is 11.6 Å². The van der Waals surface area contributed by atoms with Crippen LogP contribution in [-0.2, 0) is 9.53 Å². The molecular formula is C15H15ClN2O2. The van der Waals surface area contributed by atoms with Crippen LogP contribution < -0.4 is 0 Å². The van der Waals surface area contributed by atoms with Crippen LogP contribution in [0.3, 0.4) is 0 Å². The highest BCUT2D eigenvalue weighted by Gasteiger charge is 2.15. The van der Waals surface area contributed by atoms with Crippen molar-refractivity contribution in [1.82, 2.24) is 4.90 Å². The van der Waals surface area contributed by atoms with Gasteiger partial charge in [0.05, 0.1) is 7.11 Å². The Labute approximate surface area is 123 Å². The van der Waals surface area contributed by atoms with Gasteiger partial charge in [-0.25, -0.2) is 4.79 Å². The van der Waals surface area contributed by atoms with Crippen molar-refractivity contribution in [1.29, 1.82) is 5.26 Å². The van der Waals surface area contributed by atoms with Crippen molar-refractivity contribution < 1.29 is 9.53 Å². The molecule has 0 bridgehead atoms. The van der Waals surface area contributed by atoms with Gasteiger partial charge in [-0.15, -0.1) is 0 Å². The van der Waals surface area contributed by atoms with E-state index in [0.29, 0.717) is 10.6 Å². The molecule has 1 aromatic rings. The molecular weight excluding hydrogens is 276 g/mol. The first-order valence-electron chi connectivity index (χ1n) is 5.83. The van der Waals surface area contributed by atoms with Crippen LogP contribution in [0.5, 0.6) is 0 Å². The molecule has 0 spiro atoms. The Morgan fingerprint density at radius 2 is 1.95 bits per heavy atom. The molecule has 0 aliphatic rings. The summed E-state index contributed by atoms with van der Waals surface area (Å²) in [6, 6.07) is 8.79. The summed E-state index contributed by atoms with van der Waals surface area (Å²) >= 11 is 5.85. The van der Waals surface area contributed by atoms with Gasteiger partial charge in [0.1, 0.15) is 11.6 Å². The van der Waals surface area contributed by atoms with E-state index in [1.165, 1.54) is 7.11 Å². The number of carbonyl (C=O) groups is 1. The summed E-state index contributed by atoms with van der Waals surface area (Å²) in [7, 11) is 4.94. The van der Waals surface area contributed by atoms with E-state index >= 15 is 0 Å². The maximum Gasteiger partial charge on any atom is 0.349 e. The van der Waals surface area contributed by atoms with Gasteiger partial charge in [0.25, 0.3) is 0 Å². The Morgan fingerprint density at radius 3 is 2.40 bits per heavy atom. The monoisotopic (exact) mass is 290 g/mol. The van der Waals surface area contributed by atoms with Crippen LogP contribution in [0.25, 0.3) is 5.57 Å². The van der Waals surface area contributed by atoms with Crippen LogP contribution in [-0.4, -0.2) is 32.1 Å². The van der Waals surface area contributed by atoms with Crippen molar-refractivity contribution in [2.24, 2.45) is 0 Å². The van der Waals surface area contributed by atoms with E-state index in [0.717, 1.165) is 5.56 Å². The smallest absolute Gasteiger partial charge is 0.349 e. The van der Waals surface area contributed by atoms with E-state index in [1.54, 1.807) is 36.5 Å². The Morgan fingerprint density at radius 1 is 1.35 bits per heavy atom. The minimum absolute atomic E-state index is 0.0482. The first-order valence-corrected chi connectivity index (χ1v) is 6.20. The van der Waals surface area contributed by atoms with Gasteiger partial charge in [-0.2, -0.15) is 5.26 Å². The van der Waals surface area contributed by atoms with Crippen LogP contribution in [0.4, 0.5) is 0 Å². The van der Waals surface area contributed by atoms with Gasteiger partial charge in [0, 0.05) is 24.7 Å². The van der Waals surface area contributed by atoms with Gasteiger partial charge in [0.15, 0.2) is 0 Å². The number of nitrogens with zero attached hydrogens (tertiary/aromatic N) is 2. The molecule has 0 aliphatic carbocycles. The summed E-state index contributed by atoms with van der Waals surface area (Å²) in [6.07, 6.45) is 3.45. The van der Waals surface area contributed by atoms with E-state index in [2.05, 4.69) is 4.74 Å². The number of nitriles is 1. The van der Waals surface area contributed by atoms with Crippen LogP contribution in [0, 0.1) is 11.3 Å². The number of carbonyl (C=O) groups excluding carboxylic acids is 1. The van der Waals surface area contributed by atoms with E-state index in [1.807, 2.05) is 25.1 Å². The van der Waals surface area contributed by atoms with Gasteiger partial charge in [-0.3, -0.25) is 0 Å². The molecule has 104 valence electrons. The second-order valence-electron chi connectivity index (χ2n) is 4.18. The SMILES string of the molecule is COC(=O)C(C#N)=C(C=CN(C)C)c1ccc(Cl)cc1. The maximum absolute atomic E-state index is 11.7. The van der Waals surface area contributed by atoms with Gasteiger partial charge in [-0.05, 0) is 30.0 Å². The number of benzene rings is 1. The summed E-state index contributed by atoms with van der Waals surface area (Å²) in [5.74, 6) is -0.666. The highest BCUT2D eigenvalue weighted by molar-refractivity contribution is 6.30. The topological polar surface area (TPSA) is 53.3 Å². The fourth-order valence-corrected chi connectivity index (χ4v) is 1.62. The fraction of sp³-hybridized carbons (Fsp3) is 0.200. The third kappa shape index (κ3) is 4.15. The quantitative estimate of drug-likeness (QED) is 0.370. The van der Waals surface area contributed by atoms with Gasteiger partial charge >= 0.3 is 5.97 Å². The Balaban J connectivity index is 3.42. The summed E-state index contributed by atoms with van der Waals surface area (Å²) in [5, 5.41) is 9.78. The molecule has 0 saturated heterocycles. The molecule has 0 saturated carbocycles. The number of halogens is 1. The van der Waals surface area contributed by atoms with Crippen molar-refractivity contribution in [3.8, 4) is 6.07 Å². The summed E-state index contributed by atoms with van der Waals surface area (Å²) < 4.78 is 4.64. The molecule has 20 heavy (non-hydrogen) atoms. The minimum Gasteiger partial charge on any atom is -0.465 e. The number of hydrogen-bond donors (Lipinski definition) is 0. The number of methoxy groups -OCH3 is 1. The maximum atomic E-state index is 11.7. The Hall–Kier alpha value is -2.25. The molecule has 0 aromatic heterocycles. The van der Waals surface area contributed by atoms with Crippen molar-refractivity contribution in [3.63, 3.8) is 0 Å². The number of rotatable bonds is 4.